The second-order valence-electron chi connectivity index (χ2n) is 7.61. The quantitative estimate of drug-likeness (QED) is 0.347. The van der Waals surface area contributed by atoms with E-state index in [1.165, 1.54) is 0 Å². The van der Waals surface area contributed by atoms with Crippen LogP contribution in [0.3, 0.4) is 0 Å². The molecule has 4 nitrogen and oxygen atoms in total. The molecule has 0 radical (unpaired) electrons. The highest BCUT2D eigenvalue weighted by Crippen LogP contribution is 2.23. The molecule has 1 rings (SSSR count). The molecule has 0 aromatic heterocycles. The van der Waals surface area contributed by atoms with Crippen LogP contribution < -0.4 is 0 Å². The van der Waals surface area contributed by atoms with Crippen molar-refractivity contribution in [2.75, 3.05) is 19.8 Å². The first-order valence-electron chi connectivity index (χ1n) is 7.59. The number of hydrogen-bond donors (Lipinski definition) is 0. The van der Waals surface area contributed by atoms with E-state index in [9.17, 15) is 0 Å². The lowest BCUT2D eigenvalue weighted by Crippen LogP contribution is -2.51. The number of rotatable bonds is 10. The first kappa shape index (κ1) is 18.5. The van der Waals surface area contributed by atoms with Gasteiger partial charge in [-0.3, -0.25) is 0 Å². The lowest BCUT2D eigenvalue weighted by Gasteiger charge is -2.37. The van der Waals surface area contributed by atoms with Crippen LogP contribution in [0.1, 0.15) is 6.42 Å². The maximum absolute atomic E-state index is 6.45. The van der Waals surface area contributed by atoms with Gasteiger partial charge in [-0.05, 0) is 58.3 Å². The summed E-state index contributed by atoms with van der Waals surface area (Å²) in [5, 5.41) is 0. The Balaban J connectivity index is 2.23. The smallest absolute Gasteiger partial charge is 0.311 e. The molecule has 0 aliphatic carbocycles. The second kappa shape index (κ2) is 7.17. The molecule has 120 valence electrons. The van der Waals surface area contributed by atoms with Crippen molar-refractivity contribution in [3.8, 4) is 0 Å². The molecule has 20 heavy (non-hydrogen) atoms. The highest BCUT2D eigenvalue weighted by atomic mass is 28.5. The van der Waals surface area contributed by atoms with E-state index in [1.54, 1.807) is 0 Å². The van der Waals surface area contributed by atoms with Gasteiger partial charge in [0.2, 0.25) is 0 Å². The molecule has 0 N–H and O–H groups in total. The fourth-order valence-electron chi connectivity index (χ4n) is 2.45. The molecule has 1 heterocycles. The van der Waals surface area contributed by atoms with Crippen LogP contribution in [-0.4, -0.2) is 51.1 Å². The molecular formula is C13H32O4Si3. The Bertz CT molecular complexity index is 298. The lowest BCUT2D eigenvalue weighted by atomic mass is 10.5. The number of hydrogen-bond acceptors (Lipinski definition) is 4. The van der Waals surface area contributed by atoms with Crippen molar-refractivity contribution in [1.29, 1.82) is 0 Å². The Kier molecular flexibility index (Phi) is 6.64. The molecule has 0 aromatic carbocycles. The molecule has 7 heteroatoms. The Hall–Kier alpha value is 0.491. The fraction of sp³-hybridized carbons (Fsp3) is 1.00. The van der Waals surface area contributed by atoms with Crippen LogP contribution in [0.5, 0.6) is 0 Å². The highest BCUT2D eigenvalue weighted by Gasteiger charge is 2.37. The molecular weight excluding hydrogens is 304 g/mol. The molecule has 1 unspecified atom stereocenters. The molecule has 1 aliphatic heterocycles. The predicted octanol–water partition coefficient (Wildman–Crippen LogP) is 3.57. The first-order valence-corrected chi connectivity index (χ1v) is 16.9. The van der Waals surface area contributed by atoms with Crippen LogP contribution in [0, 0.1) is 0 Å². The third kappa shape index (κ3) is 9.43. The fourth-order valence-corrected chi connectivity index (χ4v) is 15.6. The monoisotopic (exact) mass is 336 g/mol. The van der Waals surface area contributed by atoms with Gasteiger partial charge in [0.05, 0.1) is 13.2 Å². The van der Waals surface area contributed by atoms with E-state index < -0.39 is 25.2 Å². The predicted molar refractivity (Wildman–Crippen MR) is 90.5 cm³/mol. The van der Waals surface area contributed by atoms with Crippen LogP contribution in [0.4, 0.5) is 0 Å². The van der Waals surface area contributed by atoms with Crippen LogP contribution in [0.25, 0.3) is 0 Å². The number of epoxide rings is 1. The van der Waals surface area contributed by atoms with Crippen molar-refractivity contribution in [2.45, 2.75) is 64.4 Å². The topological polar surface area (TPSA) is 40.2 Å². The normalized spacial score (nSPS) is 20.2. The Morgan fingerprint density at radius 3 is 2.10 bits per heavy atom. The molecule has 0 saturated carbocycles. The molecule has 0 aromatic rings. The van der Waals surface area contributed by atoms with E-state index in [0.29, 0.717) is 6.10 Å². The largest absolute Gasteiger partial charge is 0.437 e. The van der Waals surface area contributed by atoms with E-state index in [2.05, 4.69) is 45.8 Å². The van der Waals surface area contributed by atoms with Crippen molar-refractivity contribution in [3.63, 3.8) is 0 Å². The van der Waals surface area contributed by atoms with Gasteiger partial charge in [0.1, 0.15) is 6.10 Å². The average Bonchev–Trinajstić information content (AvgIpc) is 2.94. The Morgan fingerprint density at radius 1 is 1.00 bits per heavy atom. The van der Waals surface area contributed by atoms with Gasteiger partial charge >= 0.3 is 8.56 Å². The molecule has 1 saturated heterocycles. The summed E-state index contributed by atoms with van der Waals surface area (Å²) in [7, 11) is -5.16. The summed E-state index contributed by atoms with van der Waals surface area (Å²) in [5.41, 5.74) is 0. The summed E-state index contributed by atoms with van der Waals surface area (Å²) < 4.78 is 23.4. The standard InChI is InChI=1S/C13H32O4Si3/c1-18(2,3)16-20(6,7)17-19(4,5)10-8-9-14-11-13-12-15-13/h13H,8-12H2,1-7H3. The zero-order valence-electron chi connectivity index (χ0n) is 14.2. The first-order chi connectivity index (χ1) is 8.99. The van der Waals surface area contributed by atoms with E-state index in [-0.39, 0.29) is 0 Å². The minimum atomic E-state index is -1.99. The van der Waals surface area contributed by atoms with Gasteiger partial charge in [0.15, 0.2) is 16.6 Å². The summed E-state index contributed by atoms with van der Waals surface area (Å²) in [6, 6.07) is 1.13. The molecule has 1 fully saturated rings. The van der Waals surface area contributed by atoms with Crippen molar-refractivity contribution in [2.24, 2.45) is 0 Å². The highest BCUT2D eigenvalue weighted by molar-refractivity contribution is 6.87. The zero-order chi connectivity index (χ0) is 15.4. The van der Waals surface area contributed by atoms with Crippen LogP contribution >= 0.6 is 0 Å². The number of ether oxygens (including phenoxy) is 2. The maximum Gasteiger partial charge on any atom is 0.311 e. The minimum absolute atomic E-state index is 0.369. The summed E-state index contributed by atoms with van der Waals surface area (Å²) in [4.78, 5) is 0. The van der Waals surface area contributed by atoms with Gasteiger partial charge in [0.25, 0.3) is 0 Å². The third-order valence-corrected chi connectivity index (χ3v) is 13.0. The van der Waals surface area contributed by atoms with E-state index in [1.807, 2.05) is 0 Å². The third-order valence-electron chi connectivity index (χ3n) is 2.85. The van der Waals surface area contributed by atoms with E-state index in [4.69, 9.17) is 17.7 Å². The van der Waals surface area contributed by atoms with Crippen LogP contribution in [-0.2, 0) is 17.7 Å². The van der Waals surface area contributed by atoms with Crippen molar-refractivity contribution >= 4 is 25.2 Å². The molecule has 1 atom stereocenters. The van der Waals surface area contributed by atoms with E-state index in [0.717, 1.165) is 32.3 Å². The molecule has 1 aliphatic rings. The van der Waals surface area contributed by atoms with Gasteiger partial charge in [-0.25, -0.2) is 0 Å². The second-order valence-corrected chi connectivity index (χ2v) is 20.3. The summed E-state index contributed by atoms with van der Waals surface area (Å²) in [5.74, 6) is 0. The summed E-state index contributed by atoms with van der Waals surface area (Å²) in [6.45, 7) is 18.1. The molecule has 0 amide bonds. The summed E-state index contributed by atoms with van der Waals surface area (Å²) >= 11 is 0. The van der Waals surface area contributed by atoms with Crippen molar-refractivity contribution < 1.29 is 17.7 Å². The molecule has 0 spiro atoms. The van der Waals surface area contributed by atoms with E-state index >= 15 is 0 Å². The molecule has 0 bridgehead atoms. The Morgan fingerprint density at radius 2 is 1.60 bits per heavy atom. The van der Waals surface area contributed by atoms with Crippen LogP contribution in [0.15, 0.2) is 0 Å². The SMILES string of the molecule is C[Si](C)(C)O[Si](C)(C)O[Si](C)(C)CCCOCC1CO1. The van der Waals surface area contributed by atoms with Crippen molar-refractivity contribution in [1.82, 2.24) is 0 Å². The zero-order valence-corrected chi connectivity index (χ0v) is 17.2. The average molecular weight is 337 g/mol. The summed E-state index contributed by atoms with van der Waals surface area (Å²) in [6.07, 6.45) is 1.44. The van der Waals surface area contributed by atoms with Crippen LogP contribution in [0.2, 0.25) is 51.9 Å². The van der Waals surface area contributed by atoms with Gasteiger partial charge in [-0.15, -0.1) is 0 Å². The lowest BCUT2D eigenvalue weighted by molar-refractivity contribution is 0.116. The van der Waals surface area contributed by atoms with Crippen molar-refractivity contribution in [3.05, 3.63) is 0 Å². The van der Waals surface area contributed by atoms with Gasteiger partial charge in [-0.2, -0.15) is 0 Å². The maximum atomic E-state index is 6.45. The van der Waals surface area contributed by atoms with Gasteiger partial charge in [-0.1, -0.05) is 0 Å². The van der Waals surface area contributed by atoms with Gasteiger partial charge in [0, 0.05) is 6.61 Å². The van der Waals surface area contributed by atoms with Gasteiger partial charge < -0.3 is 17.7 Å². The minimum Gasteiger partial charge on any atom is -0.437 e. The Labute approximate surface area is 127 Å².